The Morgan fingerprint density at radius 3 is 2.71 bits per heavy atom. The fraction of sp³-hybridized carbons (Fsp3) is 0.941. The molecule has 3 fully saturated rings. The molecule has 2 aliphatic heterocycles. The summed E-state index contributed by atoms with van der Waals surface area (Å²) in [4.78, 5) is 17.7. The monoisotopic (exact) mass is 294 g/mol. The van der Waals surface area contributed by atoms with E-state index in [2.05, 4.69) is 23.6 Å². The summed E-state index contributed by atoms with van der Waals surface area (Å²) in [6.45, 7) is 11.5. The predicted octanol–water partition coefficient (Wildman–Crippen LogP) is 1.79. The minimum atomic E-state index is -0.0910. The van der Waals surface area contributed by atoms with E-state index in [1.54, 1.807) is 0 Å². The van der Waals surface area contributed by atoms with Crippen LogP contribution in [0.4, 0.5) is 0 Å². The van der Waals surface area contributed by atoms with Gasteiger partial charge in [-0.1, -0.05) is 20.3 Å². The number of likely N-dealkylation sites (tertiary alicyclic amines) is 1. The molecule has 0 aromatic rings. The molecule has 2 atom stereocenters. The number of Topliss-reactive ketones (excluding diaryl/α,β-unsaturated/α-hetero) is 1. The molecular formula is C17H30N2O2. The fourth-order valence-corrected chi connectivity index (χ4v) is 4.30. The van der Waals surface area contributed by atoms with Crippen molar-refractivity contribution >= 4 is 5.78 Å². The number of hydrogen-bond acceptors (Lipinski definition) is 4. The molecule has 3 rings (SSSR count). The van der Waals surface area contributed by atoms with Gasteiger partial charge in [-0.05, 0) is 25.8 Å². The van der Waals surface area contributed by atoms with E-state index in [9.17, 15) is 4.79 Å². The molecule has 0 bridgehead atoms. The van der Waals surface area contributed by atoms with Crippen molar-refractivity contribution in [3.8, 4) is 0 Å². The summed E-state index contributed by atoms with van der Waals surface area (Å²) in [5.74, 6) is 0.778. The van der Waals surface area contributed by atoms with Gasteiger partial charge < -0.3 is 9.64 Å². The number of ether oxygens (including phenoxy) is 1. The van der Waals surface area contributed by atoms with Crippen LogP contribution in [0.3, 0.4) is 0 Å². The van der Waals surface area contributed by atoms with Crippen molar-refractivity contribution in [2.75, 3.05) is 45.9 Å². The van der Waals surface area contributed by atoms with Crippen LogP contribution in [-0.2, 0) is 9.53 Å². The minimum Gasteiger partial charge on any atom is -0.379 e. The van der Waals surface area contributed by atoms with Crippen molar-refractivity contribution < 1.29 is 9.53 Å². The summed E-state index contributed by atoms with van der Waals surface area (Å²) < 4.78 is 5.44. The van der Waals surface area contributed by atoms with Crippen molar-refractivity contribution in [3.63, 3.8) is 0 Å². The molecule has 0 spiro atoms. The van der Waals surface area contributed by atoms with Crippen molar-refractivity contribution in [2.45, 2.75) is 45.6 Å². The summed E-state index contributed by atoms with van der Waals surface area (Å²) in [7, 11) is 0. The van der Waals surface area contributed by atoms with E-state index in [0.717, 1.165) is 58.8 Å². The molecule has 1 aliphatic carbocycles. The lowest BCUT2D eigenvalue weighted by molar-refractivity contribution is -0.134. The van der Waals surface area contributed by atoms with Gasteiger partial charge in [-0.15, -0.1) is 0 Å². The third kappa shape index (κ3) is 3.49. The molecular weight excluding hydrogens is 264 g/mol. The van der Waals surface area contributed by atoms with Crippen LogP contribution in [-0.4, -0.2) is 67.6 Å². The van der Waals surface area contributed by atoms with Gasteiger partial charge in [0.05, 0.1) is 13.2 Å². The minimum absolute atomic E-state index is 0.0910. The van der Waals surface area contributed by atoms with Crippen LogP contribution in [0.2, 0.25) is 0 Å². The highest BCUT2D eigenvalue weighted by molar-refractivity contribution is 5.87. The zero-order valence-corrected chi connectivity index (χ0v) is 13.6. The van der Waals surface area contributed by atoms with Crippen LogP contribution in [0.5, 0.6) is 0 Å². The maximum atomic E-state index is 12.6. The third-order valence-corrected chi connectivity index (χ3v) is 5.68. The number of hydrogen-bond donors (Lipinski definition) is 0. The van der Waals surface area contributed by atoms with Gasteiger partial charge in [-0.25, -0.2) is 0 Å². The summed E-state index contributed by atoms with van der Waals surface area (Å²) in [6, 6.07) is 0.681. The van der Waals surface area contributed by atoms with Crippen LogP contribution >= 0.6 is 0 Å². The van der Waals surface area contributed by atoms with E-state index >= 15 is 0 Å². The Hall–Kier alpha value is -0.450. The highest BCUT2D eigenvalue weighted by Crippen LogP contribution is 2.36. The van der Waals surface area contributed by atoms with Gasteiger partial charge in [-0.3, -0.25) is 9.69 Å². The molecule has 120 valence electrons. The Balaban J connectivity index is 1.51. The maximum absolute atomic E-state index is 12.6. The first-order valence-electron chi connectivity index (χ1n) is 8.65. The lowest BCUT2D eigenvalue weighted by atomic mass is 9.71. The Morgan fingerprint density at radius 1 is 1.19 bits per heavy atom. The summed E-state index contributed by atoms with van der Waals surface area (Å²) in [5.41, 5.74) is -0.0910. The van der Waals surface area contributed by atoms with Gasteiger partial charge in [0.25, 0.3) is 0 Å². The summed E-state index contributed by atoms with van der Waals surface area (Å²) in [6.07, 6.45) is 4.63. The molecule has 3 aliphatic rings. The second-order valence-corrected chi connectivity index (χ2v) is 7.69. The van der Waals surface area contributed by atoms with E-state index in [1.165, 1.54) is 12.8 Å². The first kappa shape index (κ1) is 15.4. The number of morpholine rings is 1. The molecule has 0 amide bonds. The average molecular weight is 294 g/mol. The second-order valence-electron chi connectivity index (χ2n) is 7.69. The molecule has 2 unspecified atom stereocenters. The molecule has 0 N–H and O–H groups in total. The highest BCUT2D eigenvalue weighted by Gasteiger charge is 2.39. The first-order chi connectivity index (χ1) is 10.1. The van der Waals surface area contributed by atoms with Crippen LogP contribution in [0.25, 0.3) is 0 Å². The van der Waals surface area contributed by atoms with E-state index in [1.807, 2.05) is 0 Å². The second kappa shape index (κ2) is 6.35. The quantitative estimate of drug-likeness (QED) is 0.794. The number of nitrogens with zero attached hydrogens (tertiary/aromatic N) is 2. The Bertz CT molecular complexity index is 377. The van der Waals surface area contributed by atoms with E-state index in [0.29, 0.717) is 11.8 Å². The molecule has 1 saturated carbocycles. The number of rotatable bonds is 3. The molecule has 4 heteroatoms. The molecule has 0 aromatic carbocycles. The third-order valence-electron chi connectivity index (χ3n) is 5.68. The van der Waals surface area contributed by atoms with Crippen LogP contribution in [0.1, 0.15) is 39.5 Å². The molecule has 4 nitrogen and oxygen atoms in total. The summed E-state index contributed by atoms with van der Waals surface area (Å²) in [5, 5.41) is 0. The van der Waals surface area contributed by atoms with Gasteiger partial charge in [-0.2, -0.15) is 0 Å². The smallest absolute Gasteiger partial charge is 0.142 e. The number of ketones is 1. The zero-order chi connectivity index (χ0) is 14.9. The number of carbonyl (C=O) groups excluding carboxylic acids is 1. The first-order valence-corrected chi connectivity index (χ1v) is 8.65. The summed E-state index contributed by atoms with van der Waals surface area (Å²) >= 11 is 0. The Labute approximate surface area is 128 Å². The van der Waals surface area contributed by atoms with Crippen LogP contribution < -0.4 is 0 Å². The largest absolute Gasteiger partial charge is 0.379 e. The normalized spacial score (nSPS) is 35.2. The lowest BCUT2D eigenvalue weighted by Crippen LogP contribution is -2.46. The molecule has 0 aromatic heterocycles. The molecule has 2 heterocycles. The lowest BCUT2D eigenvalue weighted by Gasteiger charge is -2.36. The molecule has 21 heavy (non-hydrogen) atoms. The topological polar surface area (TPSA) is 32.8 Å². The SMILES string of the molecule is CC1(C)CCCC(CN2CCC(N3CCOCC3)C2)C1=O. The van der Waals surface area contributed by atoms with E-state index < -0.39 is 0 Å². The standard InChI is InChI=1S/C17H30N2O2/c1-17(2)6-3-4-14(16(17)20)12-18-7-5-15(13-18)19-8-10-21-11-9-19/h14-15H,3-13H2,1-2H3. The van der Waals surface area contributed by atoms with Crippen molar-refractivity contribution in [2.24, 2.45) is 11.3 Å². The van der Waals surface area contributed by atoms with Gasteiger partial charge in [0.1, 0.15) is 5.78 Å². The van der Waals surface area contributed by atoms with Gasteiger partial charge >= 0.3 is 0 Å². The van der Waals surface area contributed by atoms with Gasteiger partial charge in [0.2, 0.25) is 0 Å². The molecule has 2 saturated heterocycles. The van der Waals surface area contributed by atoms with Gasteiger partial charge in [0.15, 0.2) is 0 Å². The Morgan fingerprint density at radius 2 is 1.95 bits per heavy atom. The molecule has 0 radical (unpaired) electrons. The Kier molecular flexibility index (Phi) is 4.67. The van der Waals surface area contributed by atoms with Gasteiger partial charge in [0, 0.05) is 43.6 Å². The zero-order valence-electron chi connectivity index (χ0n) is 13.6. The maximum Gasteiger partial charge on any atom is 0.142 e. The predicted molar refractivity (Wildman–Crippen MR) is 83.4 cm³/mol. The van der Waals surface area contributed by atoms with E-state index in [-0.39, 0.29) is 11.3 Å². The van der Waals surface area contributed by atoms with Crippen LogP contribution in [0, 0.1) is 11.3 Å². The van der Waals surface area contributed by atoms with Crippen molar-refractivity contribution in [1.82, 2.24) is 9.80 Å². The highest BCUT2D eigenvalue weighted by atomic mass is 16.5. The van der Waals surface area contributed by atoms with Crippen molar-refractivity contribution in [3.05, 3.63) is 0 Å². The van der Waals surface area contributed by atoms with E-state index in [4.69, 9.17) is 4.74 Å². The number of carbonyl (C=O) groups is 1. The fourth-order valence-electron chi connectivity index (χ4n) is 4.30. The average Bonchev–Trinajstić information content (AvgIpc) is 2.93. The van der Waals surface area contributed by atoms with Crippen LogP contribution in [0.15, 0.2) is 0 Å². The van der Waals surface area contributed by atoms with Crippen molar-refractivity contribution in [1.29, 1.82) is 0 Å².